The van der Waals surface area contributed by atoms with Crippen LogP contribution in [0.3, 0.4) is 0 Å². The summed E-state index contributed by atoms with van der Waals surface area (Å²) in [6.45, 7) is 1.95. The Hall–Kier alpha value is -4.20. The number of amides is 1. The number of furan rings is 1. The molecule has 31 heavy (non-hydrogen) atoms. The molecule has 0 unspecified atom stereocenters. The summed E-state index contributed by atoms with van der Waals surface area (Å²) in [6.07, 6.45) is 2.09. The van der Waals surface area contributed by atoms with Crippen LogP contribution in [0.15, 0.2) is 69.8 Å². The van der Waals surface area contributed by atoms with Gasteiger partial charge in [-0.05, 0) is 42.8 Å². The summed E-state index contributed by atoms with van der Waals surface area (Å²) in [5.41, 5.74) is 4.47. The number of aromatic nitrogens is 4. The smallest absolute Gasteiger partial charge is 0.238 e. The average molecular weight is 413 g/mol. The molecule has 8 heteroatoms. The molecule has 0 saturated carbocycles. The highest BCUT2D eigenvalue weighted by molar-refractivity contribution is 5.92. The fourth-order valence-corrected chi connectivity index (χ4v) is 3.29. The first-order chi connectivity index (χ1) is 15.2. The lowest BCUT2D eigenvalue weighted by Gasteiger charge is -2.09. The molecule has 154 valence electrons. The molecule has 8 nitrogen and oxygen atoms in total. The van der Waals surface area contributed by atoms with Crippen molar-refractivity contribution in [1.82, 2.24) is 20.1 Å². The molecule has 0 fully saturated rings. The number of imidazole rings is 1. The number of carbonyl (C=O) groups is 1. The normalized spacial score (nSPS) is 11.1. The summed E-state index contributed by atoms with van der Waals surface area (Å²) in [5, 5.41) is 6.85. The van der Waals surface area contributed by atoms with E-state index in [4.69, 9.17) is 8.94 Å². The Morgan fingerprint density at radius 1 is 1.10 bits per heavy atom. The van der Waals surface area contributed by atoms with E-state index in [0.717, 1.165) is 33.7 Å². The second-order valence-electron chi connectivity index (χ2n) is 7.17. The van der Waals surface area contributed by atoms with Crippen LogP contribution in [-0.4, -0.2) is 26.0 Å². The first-order valence-electron chi connectivity index (χ1n) is 9.88. The minimum Gasteiger partial charge on any atom is -0.461 e. The zero-order chi connectivity index (χ0) is 21.2. The van der Waals surface area contributed by atoms with Gasteiger partial charge in [-0.25, -0.2) is 4.98 Å². The lowest BCUT2D eigenvalue weighted by atomic mass is 10.1. The van der Waals surface area contributed by atoms with Crippen molar-refractivity contribution in [3.8, 4) is 23.0 Å². The number of rotatable bonds is 6. The molecule has 2 aromatic carbocycles. The zero-order valence-corrected chi connectivity index (χ0v) is 16.8. The number of aromatic amines is 1. The third-order valence-corrected chi connectivity index (χ3v) is 4.95. The Balaban J connectivity index is 1.27. The van der Waals surface area contributed by atoms with Gasteiger partial charge in [0.05, 0.1) is 17.3 Å². The van der Waals surface area contributed by atoms with E-state index in [0.29, 0.717) is 23.9 Å². The number of anilines is 1. The topological polar surface area (TPSA) is 110 Å². The molecule has 1 amide bonds. The molecule has 0 saturated heterocycles. The fourth-order valence-electron chi connectivity index (χ4n) is 3.29. The van der Waals surface area contributed by atoms with E-state index in [9.17, 15) is 4.79 Å². The van der Waals surface area contributed by atoms with E-state index < -0.39 is 0 Å². The zero-order valence-electron chi connectivity index (χ0n) is 16.8. The second kappa shape index (κ2) is 7.91. The van der Waals surface area contributed by atoms with Gasteiger partial charge in [0, 0.05) is 24.1 Å². The lowest BCUT2D eigenvalue weighted by molar-refractivity contribution is -0.116. The molecule has 0 bridgehead atoms. The number of nitrogens with one attached hydrogen (secondary N) is 2. The highest BCUT2D eigenvalue weighted by Gasteiger charge is 2.14. The third kappa shape index (κ3) is 3.95. The van der Waals surface area contributed by atoms with Crippen LogP contribution < -0.4 is 5.32 Å². The number of carbonyl (C=O) groups excluding carboxylic acids is 1. The number of benzene rings is 2. The summed E-state index contributed by atoms with van der Waals surface area (Å²) in [5.74, 6) is 1.90. The van der Waals surface area contributed by atoms with Crippen LogP contribution in [0.1, 0.15) is 17.9 Å². The molecule has 3 aromatic heterocycles. The van der Waals surface area contributed by atoms with Crippen LogP contribution in [0.5, 0.6) is 0 Å². The standard InChI is InChI=1S/C23H19N5O3/c1-14-8-9-15(22-25-16-5-2-3-6-17(16)26-22)13-18(14)24-20(29)10-11-21-27-23(28-31-21)19-7-4-12-30-19/h2-9,12-13H,10-11H2,1H3,(H,24,29)(H,25,26). The van der Waals surface area contributed by atoms with Gasteiger partial charge in [0.25, 0.3) is 0 Å². The molecule has 2 N–H and O–H groups in total. The Kier molecular flexibility index (Phi) is 4.80. The number of hydrogen-bond donors (Lipinski definition) is 2. The molecular weight excluding hydrogens is 394 g/mol. The summed E-state index contributed by atoms with van der Waals surface area (Å²) >= 11 is 0. The van der Waals surface area contributed by atoms with Gasteiger partial charge in [0.2, 0.25) is 17.6 Å². The van der Waals surface area contributed by atoms with Gasteiger partial charge in [-0.2, -0.15) is 4.98 Å². The molecule has 3 heterocycles. The van der Waals surface area contributed by atoms with Crippen molar-refractivity contribution in [1.29, 1.82) is 0 Å². The van der Waals surface area contributed by atoms with Crippen LogP contribution >= 0.6 is 0 Å². The molecule has 0 aliphatic heterocycles. The number of H-pyrrole nitrogens is 1. The Bertz CT molecular complexity index is 1320. The van der Waals surface area contributed by atoms with E-state index in [2.05, 4.69) is 25.4 Å². The number of hydrogen-bond acceptors (Lipinski definition) is 6. The molecule has 5 rings (SSSR count). The first-order valence-corrected chi connectivity index (χ1v) is 9.88. The SMILES string of the molecule is Cc1ccc(-c2nc3ccccc3[nH]2)cc1NC(=O)CCc1nc(-c2ccco2)no1. The van der Waals surface area contributed by atoms with E-state index in [-0.39, 0.29) is 12.3 Å². The third-order valence-electron chi connectivity index (χ3n) is 4.95. The highest BCUT2D eigenvalue weighted by Crippen LogP contribution is 2.26. The van der Waals surface area contributed by atoms with Crippen molar-refractivity contribution < 1.29 is 13.7 Å². The first kappa shape index (κ1) is 18.8. The predicted octanol–water partition coefficient (Wildman–Crippen LogP) is 4.75. The van der Waals surface area contributed by atoms with Crippen molar-refractivity contribution >= 4 is 22.6 Å². The van der Waals surface area contributed by atoms with Crippen LogP contribution in [0.25, 0.3) is 34.0 Å². The minimum atomic E-state index is -0.136. The predicted molar refractivity (Wildman–Crippen MR) is 115 cm³/mol. The average Bonchev–Trinajstić information content (AvgIpc) is 3.53. The maximum atomic E-state index is 12.5. The number of fused-ring (bicyclic) bond motifs is 1. The largest absolute Gasteiger partial charge is 0.461 e. The van der Waals surface area contributed by atoms with Crippen molar-refractivity contribution in [3.05, 3.63) is 72.3 Å². The second-order valence-corrected chi connectivity index (χ2v) is 7.17. The van der Waals surface area contributed by atoms with Gasteiger partial charge in [0.1, 0.15) is 5.82 Å². The van der Waals surface area contributed by atoms with Crippen LogP contribution in [0.4, 0.5) is 5.69 Å². The number of nitrogens with zero attached hydrogens (tertiary/aromatic N) is 3. The van der Waals surface area contributed by atoms with Gasteiger partial charge < -0.3 is 19.2 Å². The quantitative estimate of drug-likeness (QED) is 0.416. The minimum absolute atomic E-state index is 0.136. The number of para-hydroxylation sites is 2. The lowest BCUT2D eigenvalue weighted by Crippen LogP contribution is -2.13. The number of aryl methyl sites for hydroxylation is 2. The summed E-state index contributed by atoms with van der Waals surface area (Å²) in [6, 6.07) is 17.2. The Morgan fingerprint density at radius 3 is 2.84 bits per heavy atom. The molecule has 0 atom stereocenters. The van der Waals surface area contributed by atoms with Crippen LogP contribution in [0.2, 0.25) is 0 Å². The van der Waals surface area contributed by atoms with Crippen LogP contribution in [-0.2, 0) is 11.2 Å². The Labute approximate surface area is 177 Å². The van der Waals surface area contributed by atoms with Gasteiger partial charge in [0.15, 0.2) is 5.76 Å². The molecule has 0 aliphatic rings. The van der Waals surface area contributed by atoms with Crippen molar-refractivity contribution in [3.63, 3.8) is 0 Å². The van der Waals surface area contributed by atoms with Crippen molar-refractivity contribution in [2.45, 2.75) is 19.8 Å². The molecule has 0 radical (unpaired) electrons. The Morgan fingerprint density at radius 2 is 2.00 bits per heavy atom. The van der Waals surface area contributed by atoms with Gasteiger partial charge in [-0.1, -0.05) is 29.4 Å². The van der Waals surface area contributed by atoms with E-state index in [1.807, 2.05) is 49.4 Å². The summed E-state index contributed by atoms with van der Waals surface area (Å²) < 4.78 is 10.5. The van der Waals surface area contributed by atoms with E-state index >= 15 is 0 Å². The van der Waals surface area contributed by atoms with Crippen LogP contribution in [0, 0.1) is 6.92 Å². The van der Waals surface area contributed by atoms with Gasteiger partial charge in [-0.15, -0.1) is 0 Å². The van der Waals surface area contributed by atoms with E-state index in [1.54, 1.807) is 18.4 Å². The van der Waals surface area contributed by atoms with Crippen molar-refractivity contribution in [2.75, 3.05) is 5.32 Å². The van der Waals surface area contributed by atoms with Crippen molar-refractivity contribution in [2.24, 2.45) is 0 Å². The molecular formula is C23H19N5O3. The molecule has 0 aliphatic carbocycles. The fraction of sp³-hybridized carbons (Fsp3) is 0.130. The monoisotopic (exact) mass is 413 g/mol. The molecule has 5 aromatic rings. The van der Waals surface area contributed by atoms with E-state index in [1.165, 1.54) is 0 Å². The summed E-state index contributed by atoms with van der Waals surface area (Å²) in [4.78, 5) is 24.7. The maximum absolute atomic E-state index is 12.5. The van der Waals surface area contributed by atoms with Gasteiger partial charge >= 0.3 is 0 Å². The molecule has 0 spiro atoms. The maximum Gasteiger partial charge on any atom is 0.238 e. The summed E-state index contributed by atoms with van der Waals surface area (Å²) in [7, 11) is 0. The highest BCUT2D eigenvalue weighted by atomic mass is 16.5. The van der Waals surface area contributed by atoms with Gasteiger partial charge in [-0.3, -0.25) is 4.79 Å².